The van der Waals surface area contributed by atoms with E-state index in [2.05, 4.69) is 5.32 Å². The average Bonchev–Trinajstić information content (AvgIpc) is 2.62. The highest BCUT2D eigenvalue weighted by atomic mass is 16.5. The van der Waals surface area contributed by atoms with Crippen LogP contribution in [0.4, 0.5) is 0 Å². The highest BCUT2D eigenvalue weighted by molar-refractivity contribution is 5.83. The SMILES string of the molecule is COc1ccccc1CC(C)CC(=O)N[C@@H](Cc1ccccc1)C(=O)O. The first-order chi connectivity index (χ1) is 12.5. The van der Waals surface area contributed by atoms with Crippen LogP contribution in [0, 0.1) is 5.92 Å². The summed E-state index contributed by atoms with van der Waals surface area (Å²) in [5, 5.41) is 12.0. The zero-order valence-corrected chi connectivity index (χ0v) is 15.1. The zero-order valence-electron chi connectivity index (χ0n) is 15.1. The van der Waals surface area contributed by atoms with Crippen LogP contribution in [0.2, 0.25) is 0 Å². The number of nitrogens with one attached hydrogen (secondary N) is 1. The Kier molecular flexibility index (Phi) is 7.21. The largest absolute Gasteiger partial charge is 0.496 e. The minimum Gasteiger partial charge on any atom is -0.496 e. The van der Waals surface area contributed by atoms with Gasteiger partial charge in [-0.05, 0) is 29.5 Å². The Labute approximate surface area is 154 Å². The van der Waals surface area contributed by atoms with Crippen molar-refractivity contribution in [2.24, 2.45) is 5.92 Å². The van der Waals surface area contributed by atoms with Crippen molar-refractivity contribution in [2.75, 3.05) is 7.11 Å². The van der Waals surface area contributed by atoms with Crippen molar-refractivity contribution in [3.8, 4) is 5.75 Å². The molecule has 2 aromatic rings. The maximum atomic E-state index is 12.3. The molecule has 2 rings (SSSR count). The number of methoxy groups -OCH3 is 1. The highest BCUT2D eigenvalue weighted by Gasteiger charge is 2.21. The molecule has 0 heterocycles. The molecule has 0 saturated heterocycles. The van der Waals surface area contributed by atoms with Crippen LogP contribution in [0.1, 0.15) is 24.5 Å². The van der Waals surface area contributed by atoms with E-state index in [0.29, 0.717) is 6.42 Å². The van der Waals surface area contributed by atoms with E-state index < -0.39 is 12.0 Å². The lowest BCUT2D eigenvalue weighted by Gasteiger charge is -2.17. The Bertz CT molecular complexity index is 730. The molecule has 1 amide bonds. The molecule has 2 aromatic carbocycles. The third-order valence-electron chi connectivity index (χ3n) is 4.21. The molecule has 0 aliphatic carbocycles. The lowest BCUT2D eigenvalue weighted by Crippen LogP contribution is -2.42. The van der Waals surface area contributed by atoms with E-state index in [9.17, 15) is 14.7 Å². The summed E-state index contributed by atoms with van der Waals surface area (Å²) in [5.41, 5.74) is 1.91. The summed E-state index contributed by atoms with van der Waals surface area (Å²) in [4.78, 5) is 23.8. The van der Waals surface area contributed by atoms with Crippen LogP contribution in [0.15, 0.2) is 54.6 Å². The van der Waals surface area contributed by atoms with Gasteiger partial charge in [-0.1, -0.05) is 55.5 Å². The summed E-state index contributed by atoms with van der Waals surface area (Å²) in [6.07, 6.45) is 1.22. The molecule has 26 heavy (non-hydrogen) atoms. The molecule has 0 bridgehead atoms. The van der Waals surface area contributed by atoms with Crippen LogP contribution in [-0.4, -0.2) is 30.1 Å². The van der Waals surface area contributed by atoms with E-state index in [1.807, 2.05) is 61.5 Å². The first kappa shape index (κ1) is 19.5. The first-order valence-corrected chi connectivity index (χ1v) is 8.67. The van der Waals surface area contributed by atoms with E-state index in [1.54, 1.807) is 7.11 Å². The molecule has 1 unspecified atom stereocenters. The predicted octanol–water partition coefficient (Wildman–Crippen LogP) is 3.08. The van der Waals surface area contributed by atoms with Gasteiger partial charge in [0.15, 0.2) is 0 Å². The summed E-state index contributed by atoms with van der Waals surface area (Å²) in [6, 6.07) is 16.1. The normalized spacial score (nSPS) is 12.8. The topological polar surface area (TPSA) is 75.6 Å². The molecule has 0 aliphatic rings. The summed E-state index contributed by atoms with van der Waals surface area (Å²) in [6.45, 7) is 1.97. The Morgan fingerprint density at radius 3 is 2.35 bits per heavy atom. The third kappa shape index (κ3) is 5.92. The number of carbonyl (C=O) groups excluding carboxylic acids is 1. The van der Waals surface area contributed by atoms with E-state index in [-0.39, 0.29) is 24.7 Å². The van der Waals surface area contributed by atoms with E-state index >= 15 is 0 Å². The number of benzene rings is 2. The number of para-hydroxylation sites is 1. The van der Waals surface area contributed by atoms with E-state index in [1.165, 1.54) is 0 Å². The number of hydrogen-bond donors (Lipinski definition) is 2. The van der Waals surface area contributed by atoms with Crippen molar-refractivity contribution in [3.63, 3.8) is 0 Å². The van der Waals surface area contributed by atoms with Gasteiger partial charge in [0.2, 0.25) is 5.91 Å². The number of hydrogen-bond acceptors (Lipinski definition) is 3. The van der Waals surface area contributed by atoms with Crippen molar-refractivity contribution in [1.82, 2.24) is 5.32 Å². The second kappa shape index (κ2) is 9.61. The van der Waals surface area contributed by atoms with Crippen LogP contribution in [0.5, 0.6) is 5.75 Å². The summed E-state index contributed by atoms with van der Waals surface area (Å²) in [5.74, 6) is -0.417. The molecular weight excluding hydrogens is 330 g/mol. The van der Waals surface area contributed by atoms with Gasteiger partial charge in [-0.2, -0.15) is 0 Å². The lowest BCUT2D eigenvalue weighted by atomic mass is 9.96. The minimum absolute atomic E-state index is 0.0671. The lowest BCUT2D eigenvalue weighted by molar-refractivity contribution is -0.141. The molecule has 0 aliphatic heterocycles. The number of carbonyl (C=O) groups is 2. The average molecular weight is 355 g/mol. The summed E-state index contributed by atoms with van der Waals surface area (Å²) in [7, 11) is 1.62. The molecule has 0 spiro atoms. The fourth-order valence-electron chi connectivity index (χ4n) is 2.94. The number of ether oxygens (including phenoxy) is 1. The van der Waals surface area contributed by atoms with Crippen LogP contribution in [0.3, 0.4) is 0 Å². The quantitative estimate of drug-likeness (QED) is 0.725. The molecule has 5 nitrogen and oxygen atoms in total. The number of amides is 1. The molecule has 2 N–H and O–H groups in total. The number of aliphatic carboxylic acids is 1. The maximum absolute atomic E-state index is 12.3. The van der Waals surface area contributed by atoms with Gasteiger partial charge in [-0.25, -0.2) is 4.79 Å². The van der Waals surface area contributed by atoms with Gasteiger partial charge >= 0.3 is 5.97 Å². The van der Waals surface area contributed by atoms with Crippen molar-refractivity contribution in [1.29, 1.82) is 0 Å². The van der Waals surface area contributed by atoms with Crippen LogP contribution < -0.4 is 10.1 Å². The Morgan fingerprint density at radius 2 is 1.69 bits per heavy atom. The van der Waals surface area contributed by atoms with Gasteiger partial charge in [0.25, 0.3) is 0 Å². The monoisotopic (exact) mass is 355 g/mol. The van der Waals surface area contributed by atoms with Gasteiger partial charge in [-0.15, -0.1) is 0 Å². The van der Waals surface area contributed by atoms with E-state index in [4.69, 9.17) is 4.74 Å². The molecule has 0 saturated carbocycles. The second-order valence-electron chi connectivity index (χ2n) is 6.47. The van der Waals surface area contributed by atoms with Gasteiger partial charge in [-0.3, -0.25) is 4.79 Å². The fourth-order valence-corrected chi connectivity index (χ4v) is 2.94. The summed E-state index contributed by atoms with van der Waals surface area (Å²) < 4.78 is 5.34. The Hall–Kier alpha value is -2.82. The van der Waals surface area contributed by atoms with Crippen LogP contribution in [-0.2, 0) is 22.4 Å². The smallest absolute Gasteiger partial charge is 0.326 e. The van der Waals surface area contributed by atoms with Crippen molar-refractivity contribution < 1.29 is 19.4 Å². The highest BCUT2D eigenvalue weighted by Crippen LogP contribution is 2.22. The number of rotatable bonds is 9. The maximum Gasteiger partial charge on any atom is 0.326 e. The fraction of sp³-hybridized carbons (Fsp3) is 0.333. The zero-order chi connectivity index (χ0) is 18.9. The third-order valence-corrected chi connectivity index (χ3v) is 4.21. The first-order valence-electron chi connectivity index (χ1n) is 8.67. The van der Waals surface area contributed by atoms with Gasteiger partial charge in [0, 0.05) is 12.8 Å². The van der Waals surface area contributed by atoms with Crippen LogP contribution >= 0.6 is 0 Å². The summed E-state index contributed by atoms with van der Waals surface area (Å²) >= 11 is 0. The molecule has 0 radical (unpaired) electrons. The van der Waals surface area contributed by atoms with Crippen molar-refractivity contribution >= 4 is 11.9 Å². The van der Waals surface area contributed by atoms with E-state index in [0.717, 1.165) is 16.9 Å². The molecule has 5 heteroatoms. The standard InChI is InChI=1S/C21H25NO4/c1-15(12-17-10-6-7-11-19(17)26-2)13-20(23)22-18(21(24)25)14-16-8-4-3-5-9-16/h3-11,15,18H,12-14H2,1-2H3,(H,22,23)(H,24,25)/t15?,18-/m0/s1. The number of carboxylic acid groups (broad SMARTS) is 1. The molecule has 0 aromatic heterocycles. The molecule has 0 fully saturated rings. The minimum atomic E-state index is -1.03. The van der Waals surface area contributed by atoms with Gasteiger partial charge in [0.1, 0.15) is 11.8 Å². The Morgan fingerprint density at radius 1 is 1.04 bits per heavy atom. The molecule has 138 valence electrons. The van der Waals surface area contributed by atoms with Crippen molar-refractivity contribution in [3.05, 3.63) is 65.7 Å². The van der Waals surface area contributed by atoms with Crippen LogP contribution in [0.25, 0.3) is 0 Å². The van der Waals surface area contributed by atoms with Gasteiger partial charge < -0.3 is 15.2 Å². The second-order valence-corrected chi connectivity index (χ2v) is 6.47. The number of carboxylic acids is 1. The van der Waals surface area contributed by atoms with Crippen molar-refractivity contribution in [2.45, 2.75) is 32.2 Å². The molecular formula is C21H25NO4. The predicted molar refractivity (Wildman–Crippen MR) is 100 cm³/mol. The Balaban J connectivity index is 1.91. The molecule has 2 atom stereocenters. The van der Waals surface area contributed by atoms with Gasteiger partial charge in [0.05, 0.1) is 7.11 Å².